The molecular weight excluding hydrogens is 420 g/mol. The van der Waals surface area contributed by atoms with Gasteiger partial charge in [0.15, 0.2) is 0 Å². The van der Waals surface area contributed by atoms with Crippen molar-refractivity contribution in [2.45, 2.75) is 45.3 Å². The van der Waals surface area contributed by atoms with Crippen molar-refractivity contribution in [1.29, 1.82) is 0 Å². The maximum absolute atomic E-state index is 13.5. The summed E-state index contributed by atoms with van der Waals surface area (Å²) < 4.78 is 6.30. The van der Waals surface area contributed by atoms with Gasteiger partial charge in [-0.1, -0.05) is 13.3 Å². The molecule has 0 bridgehead atoms. The van der Waals surface area contributed by atoms with E-state index in [0.29, 0.717) is 18.7 Å². The molecule has 4 rings (SSSR count). The zero-order chi connectivity index (χ0) is 23.5. The van der Waals surface area contributed by atoms with Crippen molar-refractivity contribution in [3.05, 3.63) is 42.4 Å². The number of aliphatic hydroxyl groups is 1. The number of carbonyl (C=O) groups is 2. The Morgan fingerprint density at radius 1 is 1.30 bits per heavy atom. The van der Waals surface area contributed by atoms with E-state index >= 15 is 0 Å². The highest BCUT2D eigenvalue weighted by atomic mass is 16.5. The van der Waals surface area contributed by atoms with Gasteiger partial charge in [-0.3, -0.25) is 14.6 Å². The summed E-state index contributed by atoms with van der Waals surface area (Å²) in [6.07, 6.45) is 7.74. The summed E-state index contributed by atoms with van der Waals surface area (Å²) in [7, 11) is 1.82. The predicted molar refractivity (Wildman–Crippen MR) is 124 cm³/mol. The highest BCUT2D eigenvalue weighted by molar-refractivity contribution is 5.98. The van der Waals surface area contributed by atoms with E-state index < -0.39 is 0 Å². The monoisotopic (exact) mass is 452 g/mol. The van der Waals surface area contributed by atoms with E-state index in [1.165, 1.54) is 0 Å². The first kappa shape index (κ1) is 23.2. The number of nitrogens with zero attached hydrogens (tertiary/aromatic N) is 4. The van der Waals surface area contributed by atoms with Crippen LogP contribution >= 0.6 is 0 Å². The van der Waals surface area contributed by atoms with Crippen molar-refractivity contribution in [1.82, 2.24) is 19.8 Å². The molecule has 0 aromatic carbocycles. The lowest BCUT2D eigenvalue weighted by atomic mass is 9.84. The van der Waals surface area contributed by atoms with Gasteiger partial charge in [-0.2, -0.15) is 0 Å². The summed E-state index contributed by atoms with van der Waals surface area (Å²) in [6, 6.07) is 5.15. The third kappa shape index (κ3) is 4.85. The maximum Gasteiger partial charge on any atom is 0.259 e. The molecular formula is C25H32N4O4. The largest absolute Gasteiger partial charge is 0.472 e. The van der Waals surface area contributed by atoms with Crippen LogP contribution in [0.2, 0.25) is 0 Å². The average Bonchev–Trinajstić information content (AvgIpc) is 2.79. The van der Waals surface area contributed by atoms with E-state index in [0.717, 1.165) is 30.4 Å². The lowest BCUT2D eigenvalue weighted by Crippen LogP contribution is -2.51. The van der Waals surface area contributed by atoms with Crippen LogP contribution in [0.15, 0.2) is 36.8 Å². The lowest BCUT2D eigenvalue weighted by Gasteiger charge is -2.38. The Labute approximate surface area is 194 Å². The van der Waals surface area contributed by atoms with E-state index in [1.807, 2.05) is 33.0 Å². The molecule has 176 valence electrons. The molecule has 3 heterocycles. The SMILES string of the molecule is C[C@@H]1CN([C@H](C)CO)C(=O)c2cc(-c3ccncc3)cnc2O[C@@H]1CN(C)C(=O)C1CCC1. The van der Waals surface area contributed by atoms with Crippen LogP contribution in [0.5, 0.6) is 5.88 Å². The highest BCUT2D eigenvalue weighted by Gasteiger charge is 2.36. The second-order valence-corrected chi connectivity index (χ2v) is 9.28. The summed E-state index contributed by atoms with van der Waals surface area (Å²) in [5.41, 5.74) is 2.04. The molecule has 0 unspecified atom stereocenters. The number of carbonyl (C=O) groups excluding carboxylic acids is 2. The van der Waals surface area contributed by atoms with Crippen LogP contribution in [-0.4, -0.2) is 75.6 Å². The molecule has 1 N–H and O–H groups in total. The van der Waals surface area contributed by atoms with Crippen LogP contribution in [0.25, 0.3) is 11.1 Å². The van der Waals surface area contributed by atoms with Crippen molar-refractivity contribution in [2.24, 2.45) is 11.8 Å². The minimum atomic E-state index is -0.356. The van der Waals surface area contributed by atoms with Gasteiger partial charge in [0.2, 0.25) is 11.8 Å². The number of hydrogen-bond donors (Lipinski definition) is 1. The zero-order valence-electron chi connectivity index (χ0n) is 19.5. The first-order chi connectivity index (χ1) is 15.9. The summed E-state index contributed by atoms with van der Waals surface area (Å²) in [4.78, 5) is 38.2. The smallest absolute Gasteiger partial charge is 0.259 e. The molecule has 1 aliphatic heterocycles. The van der Waals surface area contributed by atoms with Crippen LogP contribution in [0, 0.1) is 11.8 Å². The second kappa shape index (κ2) is 9.87. The van der Waals surface area contributed by atoms with E-state index in [-0.39, 0.29) is 48.3 Å². The minimum absolute atomic E-state index is 0.0607. The fourth-order valence-electron chi connectivity index (χ4n) is 4.35. The van der Waals surface area contributed by atoms with Crippen molar-refractivity contribution in [3.8, 4) is 17.0 Å². The van der Waals surface area contributed by atoms with E-state index in [4.69, 9.17) is 4.74 Å². The molecule has 0 spiro atoms. The molecule has 2 aliphatic rings. The number of hydrogen-bond acceptors (Lipinski definition) is 6. The van der Waals surface area contributed by atoms with Gasteiger partial charge in [0.05, 0.1) is 19.2 Å². The quantitative estimate of drug-likeness (QED) is 0.724. The van der Waals surface area contributed by atoms with Gasteiger partial charge in [0.25, 0.3) is 5.91 Å². The normalized spacial score (nSPS) is 21.8. The fraction of sp³-hybridized carbons (Fsp3) is 0.520. The molecule has 2 aromatic rings. The number of fused-ring (bicyclic) bond motifs is 1. The Morgan fingerprint density at radius 3 is 2.67 bits per heavy atom. The molecule has 1 aliphatic carbocycles. The Kier molecular flexibility index (Phi) is 6.93. The van der Waals surface area contributed by atoms with Gasteiger partial charge in [-0.25, -0.2) is 4.98 Å². The molecule has 0 saturated heterocycles. The molecule has 33 heavy (non-hydrogen) atoms. The van der Waals surface area contributed by atoms with Crippen LogP contribution in [0.1, 0.15) is 43.5 Å². The summed E-state index contributed by atoms with van der Waals surface area (Å²) in [6.45, 7) is 4.52. The molecule has 2 aromatic heterocycles. The standard InChI is InChI=1S/C25H32N4O4/c1-16-13-29(17(2)15-30)25(32)21-11-20(18-7-9-26-10-8-18)12-27-23(21)33-22(16)14-28(3)24(31)19-5-4-6-19/h7-12,16-17,19,22,30H,4-6,13-15H2,1-3H3/t16-,17-,22-/m1/s1. The number of aromatic nitrogens is 2. The number of likely N-dealkylation sites (N-methyl/N-ethyl adjacent to an activating group) is 1. The molecule has 0 radical (unpaired) electrons. The molecule has 8 nitrogen and oxygen atoms in total. The lowest BCUT2D eigenvalue weighted by molar-refractivity contribution is -0.138. The van der Waals surface area contributed by atoms with Crippen molar-refractivity contribution >= 4 is 11.8 Å². The average molecular weight is 453 g/mol. The zero-order valence-corrected chi connectivity index (χ0v) is 19.5. The van der Waals surface area contributed by atoms with Crippen molar-refractivity contribution in [2.75, 3.05) is 26.7 Å². The van der Waals surface area contributed by atoms with Crippen LogP contribution < -0.4 is 4.74 Å². The number of ether oxygens (including phenoxy) is 1. The van der Waals surface area contributed by atoms with Crippen LogP contribution in [0.4, 0.5) is 0 Å². The number of rotatable bonds is 6. The van der Waals surface area contributed by atoms with E-state index in [1.54, 1.807) is 34.5 Å². The first-order valence-electron chi connectivity index (χ1n) is 11.6. The van der Waals surface area contributed by atoms with Crippen LogP contribution in [-0.2, 0) is 4.79 Å². The number of pyridine rings is 2. The van der Waals surface area contributed by atoms with Gasteiger partial charge in [-0.15, -0.1) is 0 Å². The van der Waals surface area contributed by atoms with E-state index in [9.17, 15) is 14.7 Å². The summed E-state index contributed by atoms with van der Waals surface area (Å²) >= 11 is 0. The van der Waals surface area contributed by atoms with Crippen LogP contribution in [0.3, 0.4) is 0 Å². The molecule has 1 fully saturated rings. The second-order valence-electron chi connectivity index (χ2n) is 9.28. The van der Waals surface area contributed by atoms with Crippen molar-refractivity contribution < 1.29 is 19.4 Å². The third-order valence-electron chi connectivity index (χ3n) is 6.82. The Morgan fingerprint density at radius 2 is 2.03 bits per heavy atom. The number of aliphatic hydroxyl groups excluding tert-OH is 1. The topological polar surface area (TPSA) is 95.9 Å². The minimum Gasteiger partial charge on any atom is -0.472 e. The number of amides is 2. The Bertz CT molecular complexity index is 995. The van der Waals surface area contributed by atoms with Gasteiger partial charge in [-0.05, 0) is 43.5 Å². The Hall–Kier alpha value is -3.00. The van der Waals surface area contributed by atoms with Gasteiger partial charge in [0, 0.05) is 49.6 Å². The molecule has 3 atom stereocenters. The molecule has 2 amide bonds. The highest BCUT2D eigenvalue weighted by Crippen LogP contribution is 2.31. The Balaban J connectivity index is 1.67. The summed E-state index contributed by atoms with van der Waals surface area (Å²) in [5.74, 6) is 0.235. The van der Waals surface area contributed by atoms with Crippen molar-refractivity contribution in [3.63, 3.8) is 0 Å². The fourth-order valence-corrected chi connectivity index (χ4v) is 4.35. The summed E-state index contributed by atoms with van der Waals surface area (Å²) in [5, 5.41) is 9.81. The van der Waals surface area contributed by atoms with Gasteiger partial charge in [0.1, 0.15) is 11.7 Å². The predicted octanol–water partition coefficient (Wildman–Crippen LogP) is 2.62. The molecule has 1 saturated carbocycles. The maximum atomic E-state index is 13.5. The molecule has 8 heteroatoms. The van der Waals surface area contributed by atoms with E-state index in [2.05, 4.69) is 9.97 Å². The van der Waals surface area contributed by atoms with Gasteiger partial charge >= 0.3 is 0 Å². The van der Waals surface area contributed by atoms with Gasteiger partial charge < -0.3 is 19.6 Å². The third-order valence-corrected chi connectivity index (χ3v) is 6.82. The first-order valence-corrected chi connectivity index (χ1v) is 11.6.